The molecule has 0 aliphatic carbocycles. The fraction of sp³-hybridized carbons (Fsp3) is 0.353. The standard InChI is InChI=1S/C17H20ClNO3/c1-10-7-13(14(18)8-11(10)2)16(20)19-9-17(4,21)15-6-5-12(3)22-15/h5-8,21H,9H2,1-4H3,(H,19,20). The number of carbonyl (C=O) groups is 1. The summed E-state index contributed by atoms with van der Waals surface area (Å²) >= 11 is 6.12. The Kier molecular flexibility index (Phi) is 4.63. The predicted octanol–water partition coefficient (Wildman–Crippen LogP) is 3.50. The monoisotopic (exact) mass is 321 g/mol. The van der Waals surface area contributed by atoms with Crippen LogP contribution in [0.15, 0.2) is 28.7 Å². The highest BCUT2D eigenvalue weighted by Crippen LogP contribution is 2.23. The number of benzene rings is 1. The summed E-state index contributed by atoms with van der Waals surface area (Å²) in [4.78, 5) is 12.3. The molecule has 0 saturated heterocycles. The van der Waals surface area contributed by atoms with Crippen molar-refractivity contribution in [3.05, 3.63) is 57.5 Å². The van der Waals surface area contributed by atoms with E-state index in [9.17, 15) is 9.90 Å². The van der Waals surface area contributed by atoms with Crippen LogP contribution in [-0.4, -0.2) is 17.6 Å². The van der Waals surface area contributed by atoms with Crippen LogP contribution in [0.5, 0.6) is 0 Å². The summed E-state index contributed by atoms with van der Waals surface area (Å²) in [6.45, 7) is 7.28. The zero-order valence-electron chi connectivity index (χ0n) is 13.2. The van der Waals surface area contributed by atoms with Crippen molar-refractivity contribution < 1.29 is 14.3 Å². The molecule has 0 bridgehead atoms. The van der Waals surface area contributed by atoms with E-state index in [1.54, 1.807) is 38.1 Å². The molecule has 2 aromatic rings. The maximum atomic E-state index is 12.3. The highest BCUT2D eigenvalue weighted by atomic mass is 35.5. The molecule has 0 fully saturated rings. The van der Waals surface area contributed by atoms with E-state index in [1.165, 1.54) is 0 Å². The van der Waals surface area contributed by atoms with Gasteiger partial charge in [0.05, 0.1) is 17.1 Å². The van der Waals surface area contributed by atoms with Crippen LogP contribution in [-0.2, 0) is 5.60 Å². The molecule has 2 rings (SSSR count). The molecule has 118 valence electrons. The minimum Gasteiger partial charge on any atom is -0.463 e. The van der Waals surface area contributed by atoms with Crippen LogP contribution < -0.4 is 5.32 Å². The Hall–Kier alpha value is -1.78. The van der Waals surface area contributed by atoms with E-state index < -0.39 is 5.60 Å². The third kappa shape index (κ3) is 3.51. The van der Waals surface area contributed by atoms with Gasteiger partial charge in [0, 0.05) is 0 Å². The Morgan fingerprint density at radius 2 is 1.91 bits per heavy atom. The van der Waals surface area contributed by atoms with Gasteiger partial charge in [0.1, 0.15) is 17.1 Å². The van der Waals surface area contributed by atoms with Crippen LogP contribution in [0.2, 0.25) is 5.02 Å². The molecular weight excluding hydrogens is 302 g/mol. The first-order valence-electron chi connectivity index (χ1n) is 7.05. The maximum Gasteiger partial charge on any atom is 0.252 e. The lowest BCUT2D eigenvalue weighted by Gasteiger charge is -2.21. The minimum absolute atomic E-state index is 0.0298. The molecule has 1 unspecified atom stereocenters. The van der Waals surface area contributed by atoms with Crippen LogP contribution in [0.3, 0.4) is 0 Å². The number of halogens is 1. The topological polar surface area (TPSA) is 62.5 Å². The van der Waals surface area contributed by atoms with E-state index in [0.29, 0.717) is 22.1 Å². The van der Waals surface area contributed by atoms with Gasteiger partial charge in [-0.15, -0.1) is 0 Å². The molecule has 2 N–H and O–H groups in total. The molecule has 22 heavy (non-hydrogen) atoms. The molecule has 1 aromatic heterocycles. The summed E-state index contributed by atoms with van der Waals surface area (Å²) in [5.41, 5.74) is 1.13. The molecule has 1 atom stereocenters. The molecule has 1 aromatic carbocycles. The van der Waals surface area contributed by atoms with Crippen molar-refractivity contribution >= 4 is 17.5 Å². The van der Waals surface area contributed by atoms with Gasteiger partial charge < -0.3 is 14.8 Å². The largest absolute Gasteiger partial charge is 0.463 e. The molecule has 1 amide bonds. The molecule has 0 radical (unpaired) electrons. The maximum absolute atomic E-state index is 12.3. The zero-order valence-corrected chi connectivity index (χ0v) is 13.9. The Morgan fingerprint density at radius 1 is 1.27 bits per heavy atom. The number of aliphatic hydroxyl groups is 1. The van der Waals surface area contributed by atoms with Gasteiger partial charge in [-0.05, 0) is 63.1 Å². The third-order valence-electron chi connectivity index (χ3n) is 3.69. The summed E-state index contributed by atoms with van der Waals surface area (Å²) < 4.78 is 5.42. The number of hydrogen-bond donors (Lipinski definition) is 2. The van der Waals surface area contributed by atoms with Crippen molar-refractivity contribution in [2.75, 3.05) is 6.54 Å². The van der Waals surface area contributed by atoms with E-state index in [4.69, 9.17) is 16.0 Å². The molecule has 5 heteroatoms. The average molecular weight is 322 g/mol. The van der Waals surface area contributed by atoms with Gasteiger partial charge in [0.2, 0.25) is 0 Å². The van der Waals surface area contributed by atoms with Gasteiger partial charge in [-0.2, -0.15) is 0 Å². The molecule has 4 nitrogen and oxygen atoms in total. The van der Waals surface area contributed by atoms with E-state index in [0.717, 1.165) is 11.1 Å². The number of nitrogens with one attached hydrogen (secondary N) is 1. The first kappa shape index (κ1) is 16.6. The predicted molar refractivity (Wildman–Crippen MR) is 86.3 cm³/mol. The van der Waals surface area contributed by atoms with Gasteiger partial charge in [-0.3, -0.25) is 4.79 Å². The van der Waals surface area contributed by atoms with Crippen LogP contribution in [0, 0.1) is 20.8 Å². The van der Waals surface area contributed by atoms with Crippen molar-refractivity contribution in [3.63, 3.8) is 0 Å². The lowest BCUT2D eigenvalue weighted by atomic mass is 10.0. The van der Waals surface area contributed by atoms with Crippen molar-refractivity contribution in [1.82, 2.24) is 5.32 Å². The second kappa shape index (κ2) is 6.15. The fourth-order valence-electron chi connectivity index (χ4n) is 2.11. The Balaban J connectivity index is 2.11. The summed E-state index contributed by atoms with van der Waals surface area (Å²) in [5, 5.41) is 13.5. The van der Waals surface area contributed by atoms with Crippen LogP contribution in [0.1, 0.15) is 39.9 Å². The molecule has 0 aliphatic heterocycles. The first-order valence-corrected chi connectivity index (χ1v) is 7.43. The second-order valence-corrected chi connectivity index (χ2v) is 6.19. The van der Waals surface area contributed by atoms with Crippen LogP contribution in [0.25, 0.3) is 0 Å². The Bertz CT molecular complexity index is 704. The van der Waals surface area contributed by atoms with E-state index in [-0.39, 0.29) is 12.5 Å². The molecule has 0 spiro atoms. The summed E-state index contributed by atoms with van der Waals surface area (Å²) in [5.74, 6) is 0.798. The van der Waals surface area contributed by atoms with E-state index >= 15 is 0 Å². The number of amides is 1. The normalized spacial score (nSPS) is 13.7. The molecular formula is C17H20ClNO3. The van der Waals surface area contributed by atoms with Crippen molar-refractivity contribution in [2.45, 2.75) is 33.3 Å². The smallest absolute Gasteiger partial charge is 0.252 e. The average Bonchev–Trinajstić information content (AvgIpc) is 2.88. The summed E-state index contributed by atoms with van der Waals surface area (Å²) in [7, 11) is 0. The van der Waals surface area contributed by atoms with Gasteiger partial charge in [0.25, 0.3) is 5.91 Å². The quantitative estimate of drug-likeness (QED) is 0.906. The number of aryl methyl sites for hydroxylation is 3. The third-order valence-corrected chi connectivity index (χ3v) is 4.01. The number of rotatable bonds is 4. The SMILES string of the molecule is Cc1ccc(C(C)(O)CNC(=O)c2cc(C)c(C)cc2Cl)o1. The van der Waals surface area contributed by atoms with Crippen LogP contribution >= 0.6 is 11.6 Å². The minimum atomic E-state index is -1.28. The molecule has 0 aliphatic rings. The van der Waals surface area contributed by atoms with Gasteiger partial charge in [-0.25, -0.2) is 0 Å². The van der Waals surface area contributed by atoms with Crippen molar-refractivity contribution in [2.24, 2.45) is 0 Å². The summed E-state index contributed by atoms with van der Waals surface area (Å²) in [6.07, 6.45) is 0. The highest BCUT2D eigenvalue weighted by Gasteiger charge is 2.28. The lowest BCUT2D eigenvalue weighted by Crippen LogP contribution is -2.38. The van der Waals surface area contributed by atoms with Gasteiger partial charge in [-0.1, -0.05) is 11.6 Å². The van der Waals surface area contributed by atoms with Gasteiger partial charge >= 0.3 is 0 Å². The number of hydrogen-bond acceptors (Lipinski definition) is 3. The number of furan rings is 1. The Labute approximate surface area is 135 Å². The lowest BCUT2D eigenvalue weighted by molar-refractivity contribution is 0.0323. The van der Waals surface area contributed by atoms with Gasteiger partial charge in [0.15, 0.2) is 0 Å². The first-order chi connectivity index (χ1) is 10.2. The Morgan fingerprint density at radius 3 is 2.50 bits per heavy atom. The summed E-state index contributed by atoms with van der Waals surface area (Å²) in [6, 6.07) is 6.98. The van der Waals surface area contributed by atoms with Crippen molar-refractivity contribution in [1.29, 1.82) is 0 Å². The highest BCUT2D eigenvalue weighted by molar-refractivity contribution is 6.34. The van der Waals surface area contributed by atoms with E-state index in [1.807, 2.05) is 13.8 Å². The number of carbonyl (C=O) groups excluding carboxylic acids is 1. The fourth-order valence-corrected chi connectivity index (χ4v) is 2.42. The second-order valence-electron chi connectivity index (χ2n) is 5.78. The molecule has 1 heterocycles. The van der Waals surface area contributed by atoms with E-state index in [2.05, 4.69) is 5.32 Å². The van der Waals surface area contributed by atoms with Crippen LogP contribution in [0.4, 0.5) is 0 Å². The zero-order chi connectivity index (χ0) is 16.5. The molecule has 0 saturated carbocycles. The van der Waals surface area contributed by atoms with Crippen molar-refractivity contribution in [3.8, 4) is 0 Å².